The number of amides is 1. The third kappa shape index (κ3) is 3.92. The summed E-state index contributed by atoms with van der Waals surface area (Å²) < 4.78 is 5.81. The van der Waals surface area contributed by atoms with Crippen molar-refractivity contribution in [2.45, 2.75) is 25.4 Å². The van der Waals surface area contributed by atoms with E-state index in [1.165, 1.54) is 0 Å². The fourth-order valence-corrected chi connectivity index (χ4v) is 3.72. The van der Waals surface area contributed by atoms with Gasteiger partial charge in [0.15, 0.2) is 6.61 Å². The van der Waals surface area contributed by atoms with Gasteiger partial charge in [-0.2, -0.15) is 0 Å². The van der Waals surface area contributed by atoms with Crippen LogP contribution in [0, 0.1) is 0 Å². The maximum atomic E-state index is 12.5. The number of rotatable bonds is 5. The van der Waals surface area contributed by atoms with Crippen molar-refractivity contribution in [2.75, 3.05) is 11.9 Å². The second-order valence-corrected chi connectivity index (χ2v) is 6.98. The zero-order chi connectivity index (χ0) is 19.3. The summed E-state index contributed by atoms with van der Waals surface area (Å²) in [5.74, 6) is 0.472. The minimum Gasteiger partial charge on any atom is -0.483 e. The molecule has 0 unspecified atom stereocenters. The zero-order valence-electron chi connectivity index (χ0n) is 15.6. The summed E-state index contributed by atoms with van der Waals surface area (Å²) >= 11 is 0. The number of carbonyl (C=O) groups is 1. The molecule has 0 saturated heterocycles. The molecule has 4 heteroatoms. The lowest BCUT2D eigenvalue weighted by Crippen LogP contribution is -2.21. The maximum Gasteiger partial charge on any atom is 0.262 e. The smallest absolute Gasteiger partial charge is 0.262 e. The molecule has 4 nitrogen and oxygen atoms in total. The highest BCUT2D eigenvalue weighted by atomic mass is 16.5. The molecule has 1 aliphatic carbocycles. The van der Waals surface area contributed by atoms with E-state index in [0.717, 1.165) is 47.2 Å². The highest BCUT2D eigenvalue weighted by Crippen LogP contribution is 2.35. The topological polar surface area (TPSA) is 58.6 Å². The number of carbonyl (C=O) groups excluding carboxylic acids is 1. The first-order chi connectivity index (χ1) is 13.7. The quantitative estimate of drug-likeness (QED) is 0.679. The van der Waals surface area contributed by atoms with Crippen LogP contribution < -0.4 is 10.1 Å². The normalized spacial score (nSPS) is 15.5. The second kappa shape index (κ2) is 8.28. The minimum atomic E-state index is -0.445. The summed E-state index contributed by atoms with van der Waals surface area (Å²) in [5, 5.41) is 13.1. The number of aliphatic hydroxyl groups excluding tert-OH is 1. The molecule has 0 aromatic heterocycles. The van der Waals surface area contributed by atoms with Crippen LogP contribution in [0.25, 0.3) is 11.1 Å². The summed E-state index contributed by atoms with van der Waals surface area (Å²) in [6, 6.07) is 23.3. The number of aliphatic hydroxyl groups is 1. The Morgan fingerprint density at radius 2 is 1.79 bits per heavy atom. The van der Waals surface area contributed by atoms with Crippen LogP contribution in [0.5, 0.6) is 5.75 Å². The van der Waals surface area contributed by atoms with E-state index in [4.69, 9.17) is 4.74 Å². The Kier molecular flexibility index (Phi) is 5.40. The van der Waals surface area contributed by atoms with Gasteiger partial charge in [0.05, 0.1) is 6.10 Å². The van der Waals surface area contributed by atoms with Crippen LogP contribution in [0.1, 0.15) is 30.1 Å². The molecule has 142 valence electrons. The number of hydrogen-bond donors (Lipinski definition) is 2. The predicted molar refractivity (Wildman–Crippen MR) is 110 cm³/mol. The van der Waals surface area contributed by atoms with Gasteiger partial charge in [0.25, 0.3) is 5.91 Å². The monoisotopic (exact) mass is 373 g/mol. The average Bonchev–Trinajstić information content (AvgIpc) is 2.74. The number of hydrogen-bond acceptors (Lipinski definition) is 3. The van der Waals surface area contributed by atoms with Gasteiger partial charge in [-0.05, 0) is 48.1 Å². The fraction of sp³-hybridized carbons (Fsp3) is 0.208. The first-order valence-corrected chi connectivity index (χ1v) is 9.59. The molecule has 1 atom stereocenters. The van der Waals surface area contributed by atoms with Crippen molar-refractivity contribution in [3.8, 4) is 16.9 Å². The molecule has 2 N–H and O–H groups in total. The van der Waals surface area contributed by atoms with Crippen LogP contribution in [-0.4, -0.2) is 17.6 Å². The van der Waals surface area contributed by atoms with E-state index in [9.17, 15) is 9.90 Å². The molecule has 0 spiro atoms. The van der Waals surface area contributed by atoms with Gasteiger partial charge in [-0.15, -0.1) is 0 Å². The summed E-state index contributed by atoms with van der Waals surface area (Å²) in [6.07, 6.45) is 2.11. The standard InChI is InChI=1S/C24H23NO3/c26-22-14-6-12-20-19(22)11-7-15-23(20)28-16-24(27)25-21-13-5-4-10-18(21)17-8-2-1-3-9-17/h1-5,7-11,13,15,22,26H,6,12,14,16H2,(H,25,27)/t22-/m1/s1. The summed E-state index contributed by atoms with van der Waals surface area (Å²) in [7, 11) is 0. The van der Waals surface area contributed by atoms with Gasteiger partial charge >= 0.3 is 0 Å². The Morgan fingerprint density at radius 1 is 1.00 bits per heavy atom. The molecule has 1 aliphatic rings. The molecular formula is C24H23NO3. The Morgan fingerprint density at radius 3 is 2.64 bits per heavy atom. The van der Waals surface area contributed by atoms with E-state index in [1.807, 2.05) is 72.8 Å². The lowest BCUT2D eigenvalue weighted by atomic mass is 9.89. The van der Waals surface area contributed by atoms with Crippen molar-refractivity contribution in [3.05, 3.63) is 83.9 Å². The highest BCUT2D eigenvalue weighted by molar-refractivity contribution is 5.96. The first-order valence-electron chi connectivity index (χ1n) is 9.59. The zero-order valence-corrected chi connectivity index (χ0v) is 15.6. The molecule has 4 rings (SSSR count). The van der Waals surface area contributed by atoms with Crippen LogP contribution in [-0.2, 0) is 11.2 Å². The van der Waals surface area contributed by atoms with Gasteiger partial charge in [-0.3, -0.25) is 4.79 Å². The number of benzene rings is 3. The lowest BCUT2D eigenvalue weighted by Gasteiger charge is -2.23. The summed E-state index contributed by atoms with van der Waals surface area (Å²) in [6.45, 7) is -0.0737. The molecule has 0 radical (unpaired) electrons. The summed E-state index contributed by atoms with van der Waals surface area (Å²) in [5.41, 5.74) is 4.70. The Labute approximate surface area is 164 Å². The van der Waals surface area contributed by atoms with Gasteiger partial charge < -0.3 is 15.2 Å². The molecule has 0 saturated carbocycles. The Balaban J connectivity index is 1.46. The van der Waals surface area contributed by atoms with Crippen LogP contribution in [0.3, 0.4) is 0 Å². The molecule has 3 aromatic rings. The van der Waals surface area contributed by atoms with Crippen LogP contribution in [0.15, 0.2) is 72.8 Å². The van der Waals surface area contributed by atoms with Crippen molar-refractivity contribution < 1.29 is 14.6 Å². The summed E-state index contributed by atoms with van der Waals surface area (Å²) in [4.78, 5) is 12.5. The molecule has 0 aliphatic heterocycles. The van der Waals surface area contributed by atoms with Crippen LogP contribution in [0.4, 0.5) is 5.69 Å². The van der Waals surface area contributed by atoms with Crippen molar-refractivity contribution in [1.29, 1.82) is 0 Å². The predicted octanol–water partition coefficient (Wildman–Crippen LogP) is 4.74. The van der Waals surface area contributed by atoms with Crippen LogP contribution >= 0.6 is 0 Å². The van der Waals surface area contributed by atoms with E-state index in [-0.39, 0.29) is 12.5 Å². The van der Waals surface area contributed by atoms with Crippen LogP contribution in [0.2, 0.25) is 0 Å². The van der Waals surface area contributed by atoms with Gasteiger partial charge in [0.2, 0.25) is 0 Å². The van der Waals surface area contributed by atoms with Crippen molar-refractivity contribution in [1.82, 2.24) is 0 Å². The fourth-order valence-electron chi connectivity index (χ4n) is 3.72. The number of anilines is 1. The van der Waals surface area contributed by atoms with Crippen molar-refractivity contribution in [2.24, 2.45) is 0 Å². The Bertz CT molecular complexity index is 969. The van der Waals surface area contributed by atoms with E-state index in [2.05, 4.69) is 5.32 Å². The largest absolute Gasteiger partial charge is 0.483 e. The van der Waals surface area contributed by atoms with Gasteiger partial charge in [-0.25, -0.2) is 0 Å². The number of ether oxygens (including phenoxy) is 1. The Hall–Kier alpha value is -3.11. The number of para-hydroxylation sites is 1. The van der Waals surface area contributed by atoms with Crippen molar-refractivity contribution >= 4 is 11.6 Å². The van der Waals surface area contributed by atoms with Gasteiger partial charge in [0.1, 0.15) is 5.75 Å². The second-order valence-electron chi connectivity index (χ2n) is 6.98. The third-order valence-corrected chi connectivity index (χ3v) is 5.08. The van der Waals surface area contributed by atoms with Crippen molar-refractivity contribution in [3.63, 3.8) is 0 Å². The molecule has 3 aromatic carbocycles. The molecule has 1 amide bonds. The SMILES string of the molecule is O=C(COc1cccc2c1CCC[C@H]2O)Nc1ccccc1-c1ccccc1. The molecule has 28 heavy (non-hydrogen) atoms. The number of nitrogens with one attached hydrogen (secondary N) is 1. The molecule has 0 heterocycles. The van der Waals surface area contributed by atoms with Gasteiger partial charge in [0, 0.05) is 11.3 Å². The highest BCUT2D eigenvalue weighted by Gasteiger charge is 2.21. The van der Waals surface area contributed by atoms with E-state index >= 15 is 0 Å². The number of fused-ring (bicyclic) bond motifs is 1. The van der Waals surface area contributed by atoms with E-state index in [1.54, 1.807) is 0 Å². The molecule has 0 fully saturated rings. The van der Waals surface area contributed by atoms with Gasteiger partial charge in [-0.1, -0.05) is 60.7 Å². The minimum absolute atomic E-state index is 0.0737. The molecular weight excluding hydrogens is 350 g/mol. The van der Waals surface area contributed by atoms with E-state index in [0.29, 0.717) is 5.75 Å². The molecule has 0 bridgehead atoms. The maximum absolute atomic E-state index is 12.5. The third-order valence-electron chi connectivity index (χ3n) is 5.08. The average molecular weight is 373 g/mol. The lowest BCUT2D eigenvalue weighted by molar-refractivity contribution is -0.118. The van der Waals surface area contributed by atoms with E-state index < -0.39 is 6.10 Å². The first kappa shape index (κ1) is 18.3.